The van der Waals surface area contributed by atoms with E-state index in [-0.39, 0.29) is 23.9 Å². The average molecular weight is 700 g/mol. The molecule has 0 saturated heterocycles. The summed E-state index contributed by atoms with van der Waals surface area (Å²) in [6.07, 6.45) is 11.3. The van der Waals surface area contributed by atoms with Crippen molar-refractivity contribution in [1.82, 2.24) is 0 Å². The molecule has 51 heavy (non-hydrogen) atoms. The second-order valence-corrected chi connectivity index (χ2v) is 15.1. The van der Waals surface area contributed by atoms with E-state index >= 15 is 0 Å². The molecule has 1 aliphatic carbocycles. The van der Waals surface area contributed by atoms with Crippen molar-refractivity contribution >= 4 is 56.2 Å². The number of hydrogen-bond donors (Lipinski definition) is 2. The molecule has 0 atom stereocenters. The normalized spacial score (nSPS) is 19.6. The molecule has 260 valence electrons. The van der Waals surface area contributed by atoms with E-state index < -0.39 is 5.97 Å². The molecule has 2 N–H and O–H groups in total. The lowest BCUT2D eigenvalue weighted by Gasteiger charge is -2.28. The molecular weight excluding hydrogens is 656 g/mol. The largest absolute Gasteiger partial charge is 0.481 e. The first-order chi connectivity index (χ1) is 24.4. The fourth-order valence-electron chi connectivity index (χ4n) is 8.45. The minimum atomic E-state index is -0.819. The first kappa shape index (κ1) is 34.7. The number of carboxylic acids is 1. The maximum absolute atomic E-state index is 11.7. The number of nitrogens with zero attached hydrogens (tertiary/aromatic N) is 2. The van der Waals surface area contributed by atoms with Crippen LogP contribution in [0.4, 0.5) is 11.4 Å². The fourth-order valence-corrected chi connectivity index (χ4v) is 8.77. The second kappa shape index (κ2) is 13.4. The van der Waals surface area contributed by atoms with Crippen LogP contribution >= 0.6 is 11.6 Å². The van der Waals surface area contributed by atoms with E-state index in [9.17, 15) is 15.2 Å². The summed E-state index contributed by atoms with van der Waals surface area (Å²) in [7, 11) is 0. The van der Waals surface area contributed by atoms with Gasteiger partial charge in [-0.1, -0.05) is 98.8 Å². The van der Waals surface area contributed by atoms with Gasteiger partial charge in [0.1, 0.15) is 13.0 Å². The lowest BCUT2D eigenvalue weighted by atomic mass is 9.78. The number of carboxylic acid groups (broad SMARTS) is 1. The molecule has 0 spiro atoms. The van der Waals surface area contributed by atoms with E-state index in [0.717, 1.165) is 58.2 Å². The van der Waals surface area contributed by atoms with Crippen LogP contribution in [-0.4, -0.2) is 39.8 Å². The summed E-state index contributed by atoms with van der Waals surface area (Å²) in [4.78, 5) is 18.4. The molecule has 3 aliphatic rings. The number of benzene rings is 4. The molecular formula is C44H44ClN2O4+. The van der Waals surface area contributed by atoms with Gasteiger partial charge in [-0.15, -0.1) is 0 Å². The smallest absolute Gasteiger partial charge is 0.309 e. The third-order valence-corrected chi connectivity index (χ3v) is 11.3. The van der Waals surface area contributed by atoms with Gasteiger partial charge in [0, 0.05) is 39.5 Å². The number of rotatable bonds is 9. The molecule has 0 fully saturated rings. The molecule has 2 aliphatic heterocycles. The van der Waals surface area contributed by atoms with E-state index in [0.29, 0.717) is 12.2 Å². The van der Waals surface area contributed by atoms with E-state index in [1.807, 2.05) is 6.07 Å². The van der Waals surface area contributed by atoms with Crippen LogP contribution in [0.2, 0.25) is 0 Å². The van der Waals surface area contributed by atoms with Crippen LogP contribution < -0.4 is 4.90 Å². The van der Waals surface area contributed by atoms with Crippen molar-refractivity contribution in [2.75, 3.05) is 18.1 Å². The van der Waals surface area contributed by atoms with Gasteiger partial charge in [0.05, 0.1) is 11.1 Å². The first-order valence-corrected chi connectivity index (χ1v) is 18.0. The highest BCUT2D eigenvalue weighted by atomic mass is 35.5. The van der Waals surface area contributed by atoms with Gasteiger partial charge in [0.25, 0.3) is 0 Å². The molecule has 0 bridgehead atoms. The Balaban J connectivity index is 1.28. The Bertz CT molecular complexity index is 2270. The molecule has 7 heteroatoms. The van der Waals surface area contributed by atoms with E-state index in [1.165, 1.54) is 32.7 Å². The second-order valence-electron chi connectivity index (χ2n) is 14.7. The number of fused-ring (bicyclic) bond motifs is 6. The summed E-state index contributed by atoms with van der Waals surface area (Å²) in [5.74, 6) is -0.819. The summed E-state index contributed by atoms with van der Waals surface area (Å²) >= 11 is 7.23. The monoisotopic (exact) mass is 699 g/mol. The zero-order valence-electron chi connectivity index (χ0n) is 29.7. The predicted octanol–water partition coefficient (Wildman–Crippen LogP) is 10.7. The lowest BCUT2D eigenvalue weighted by Crippen LogP contribution is -2.28. The summed E-state index contributed by atoms with van der Waals surface area (Å²) in [6.45, 7) is 13.5. The highest BCUT2D eigenvalue weighted by Crippen LogP contribution is 2.52. The van der Waals surface area contributed by atoms with Crippen molar-refractivity contribution in [2.24, 2.45) is 0 Å². The zero-order valence-corrected chi connectivity index (χ0v) is 30.4. The van der Waals surface area contributed by atoms with Crippen LogP contribution in [-0.2, 0) is 20.5 Å². The van der Waals surface area contributed by atoms with Crippen LogP contribution in [0.15, 0.2) is 131 Å². The Hall–Kier alpha value is -4.75. The van der Waals surface area contributed by atoms with E-state index in [2.05, 4.69) is 140 Å². The van der Waals surface area contributed by atoms with Crippen molar-refractivity contribution in [3.8, 4) is 0 Å². The summed E-state index contributed by atoms with van der Waals surface area (Å²) < 4.78 is 2.17. The van der Waals surface area contributed by atoms with Crippen molar-refractivity contribution in [2.45, 2.75) is 64.2 Å². The highest BCUT2D eigenvalue weighted by molar-refractivity contribution is 6.32. The maximum Gasteiger partial charge on any atom is 0.309 e. The molecule has 0 unspecified atom stereocenters. The Morgan fingerprint density at radius 3 is 2.25 bits per heavy atom. The molecule has 0 saturated carbocycles. The maximum atomic E-state index is 11.7. The van der Waals surface area contributed by atoms with Crippen molar-refractivity contribution < 1.29 is 24.6 Å². The van der Waals surface area contributed by atoms with Crippen LogP contribution in [0.5, 0.6) is 0 Å². The standard InChI is InChI=1S/C44H43ClN2O4/c1-28(27-51-50)47-36-22-18-30-12-7-9-16-34(30)41(36)44(4,5)38(47)24-20-32-14-10-13-31(42(32)45)19-23-37-43(2,3)40-33-15-8-6-11-29(33)17-21-35(40)46(37)26-25-39(48)49/h6-9,11-12,15-24H,1,10,13-14,25-27H2,2-5H3,(H-,48,49,50)/p+1. The topological polar surface area (TPSA) is 73.0 Å². The first-order valence-electron chi connectivity index (χ1n) is 17.6. The molecule has 7 rings (SSSR count). The van der Waals surface area contributed by atoms with Crippen molar-refractivity contribution in [3.63, 3.8) is 0 Å². The molecule has 4 aromatic carbocycles. The van der Waals surface area contributed by atoms with Gasteiger partial charge in [0.2, 0.25) is 5.69 Å². The minimum Gasteiger partial charge on any atom is -0.481 e. The molecule has 4 aromatic rings. The molecule has 0 amide bonds. The minimum absolute atomic E-state index is 0.0236. The average Bonchev–Trinajstić information content (AvgIpc) is 3.48. The number of halogens is 1. The fraction of sp³-hybridized carbons (Fsp3) is 0.273. The van der Waals surface area contributed by atoms with Gasteiger partial charge in [-0.3, -0.25) is 10.1 Å². The number of aliphatic carboxylic acids is 1. The Labute approximate surface area is 304 Å². The van der Waals surface area contributed by atoms with Gasteiger partial charge < -0.3 is 10.0 Å². The Morgan fingerprint density at radius 1 is 0.902 bits per heavy atom. The summed E-state index contributed by atoms with van der Waals surface area (Å²) in [5, 5.41) is 24.5. The van der Waals surface area contributed by atoms with E-state index in [4.69, 9.17) is 11.6 Å². The number of carbonyl (C=O) groups is 1. The molecule has 0 aromatic heterocycles. The number of anilines is 1. The predicted molar refractivity (Wildman–Crippen MR) is 208 cm³/mol. The summed E-state index contributed by atoms with van der Waals surface area (Å²) in [6, 6.07) is 25.3. The quantitative estimate of drug-likeness (QED) is 0.103. The summed E-state index contributed by atoms with van der Waals surface area (Å²) in [5.41, 5.74) is 8.61. The van der Waals surface area contributed by atoms with Crippen LogP contribution in [0.25, 0.3) is 21.5 Å². The van der Waals surface area contributed by atoms with Crippen molar-refractivity contribution in [1.29, 1.82) is 0 Å². The van der Waals surface area contributed by atoms with Gasteiger partial charge >= 0.3 is 5.97 Å². The van der Waals surface area contributed by atoms with Gasteiger partial charge in [-0.05, 0) is 89.6 Å². The van der Waals surface area contributed by atoms with Gasteiger partial charge in [-0.2, -0.15) is 4.58 Å². The van der Waals surface area contributed by atoms with Crippen molar-refractivity contribution in [3.05, 3.63) is 142 Å². The van der Waals surface area contributed by atoms with E-state index in [1.54, 1.807) is 0 Å². The number of hydrogen-bond acceptors (Lipinski definition) is 4. The Morgan fingerprint density at radius 2 is 1.57 bits per heavy atom. The SMILES string of the molecule is C=C(COO)N1C(=CC=C2CCCC(C=CC3=[N+](CCC(=O)O)c4ccc5ccccc5c4C3(C)C)=C2Cl)C(C)(C)c2c1ccc1ccccc21. The molecule has 2 heterocycles. The molecule has 0 radical (unpaired) electrons. The highest BCUT2D eigenvalue weighted by Gasteiger charge is 2.46. The third kappa shape index (κ3) is 5.95. The van der Waals surface area contributed by atoms with Gasteiger partial charge in [-0.25, -0.2) is 4.89 Å². The van der Waals surface area contributed by atoms with Gasteiger partial charge in [0.15, 0.2) is 12.3 Å². The third-order valence-electron chi connectivity index (χ3n) is 10.8. The van der Waals surface area contributed by atoms with Crippen LogP contribution in [0.3, 0.4) is 0 Å². The number of allylic oxidation sites excluding steroid dienone is 8. The zero-order chi connectivity index (χ0) is 36.1. The van der Waals surface area contributed by atoms with Crippen LogP contribution in [0.1, 0.15) is 64.5 Å². The lowest BCUT2D eigenvalue weighted by molar-refractivity contribution is -0.436. The van der Waals surface area contributed by atoms with Crippen LogP contribution in [0, 0.1) is 0 Å². The Kier molecular flexibility index (Phi) is 9.13. The molecule has 6 nitrogen and oxygen atoms in total.